The van der Waals surface area contributed by atoms with Crippen LogP contribution in [-0.2, 0) is 5.41 Å². The number of ether oxygens (including phenoxy) is 2. The molecule has 0 aliphatic carbocycles. The van der Waals surface area contributed by atoms with Gasteiger partial charge < -0.3 is 20.9 Å². The zero-order valence-corrected chi connectivity index (χ0v) is 31.8. The van der Waals surface area contributed by atoms with Gasteiger partial charge in [0.25, 0.3) is 23.6 Å². The maximum Gasteiger partial charge on any atom is 0.411 e. The van der Waals surface area contributed by atoms with Crippen molar-refractivity contribution in [3.8, 4) is 11.5 Å². The molecular weight excluding hydrogens is 839 g/mol. The van der Waals surface area contributed by atoms with Gasteiger partial charge in [0.1, 0.15) is 11.5 Å². The summed E-state index contributed by atoms with van der Waals surface area (Å²) in [6, 6.07) is 23.3. The summed E-state index contributed by atoms with van der Waals surface area (Å²) >= 11 is 0. The van der Waals surface area contributed by atoms with Crippen molar-refractivity contribution < 1.29 is 64.6 Å². The molecule has 0 atom stereocenters. The molecule has 12 nitrogen and oxygen atoms in total. The van der Waals surface area contributed by atoms with Crippen LogP contribution in [0.2, 0.25) is 0 Å². The predicted octanol–water partition coefficient (Wildman–Crippen LogP) is 8.30. The third-order valence-electron chi connectivity index (χ3n) is 10.4. The molecule has 0 saturated heterocycles. The third kappa shape index (κ3) is 6.96. The van der Waals surface area contributed by atoms with Crippen molar-refractivity contribution in [1.82, 2.24) is 0 Å². The van der Waals surface area contributed by atoms with Crippen LogP contribution in [0.5, 0.6) is 11.5 Å². The second-order valence-electron chi connectivity index (χ2n) is 14.2. The molecule has 2 aliphatic rings. The molecule has 0 radical (unpaired) electrons. The average Bonchev–Trinajstić information content (AvgIpc) is 3.65. The van der Waals surface area contributed by atoms with Gasteiger partial charge in [0.15, 0.2) is 0 Å². The highest BCUT2D eigenvalue weighted by molar-refractivity contribution is 6.35. The van der Waals surface area contributed by atoms with E-state index < -0.39 is 64.5 Å². The number of halogens is 6. The smallest absolute Gasteiger partial charge is 0.411 e. The van der Waals surface area contributed by atoms with E-state index in [2.05, 4.69) is 0 Å². The fourth-order valence-electron chi connectivity index (χ4n) is 7.31. The van der Waals surface area contributed by atoms with Crippen LogP contribution in [0, 0.1) is 0 Å². The van der Waals surface area contributed by atoms with Crippen molar-refractivity contribution in [2.45, 2.75) is 17.8 Å². The molecule has 0 unspecified atom stereocenters. The van der Waals surface area contributed by atoms with Gasteiger partial charge in [-0.3, -0.25) is 19.2 Å². The second kappa shape index (κ2) is 15.0. The number of fused-ring (bicyclic) bond motifs is 2. The van der Waals surface area contributed by atoms with Crippen LogP contribution in [0.1, 0.15) is 73.3 Å². The Hall–Kier alpha value is -8.28. The number of hydrogen-bond donors (Lipinski definition) is 2. The Morgan fingerprint density at radius 2 is 0.746 bits per heavy atom. The third-order valence-corrected chi connectivity index (χ3v) is 10.4. The molecule has 4 amide bonds. The Labute approximate surface area is 350 Å². The Bertz CT molecular complexity index is 2700. The van der Waals surface area contributed by atoms with E-state index in [1.54, 1.807) is 0 Å². The van der Waals surface area contributed by atoms with Gasteiger partial charge >= 0.3 is 24.3 Å². The van der Waals surface area contributed by atoms with E-state index in [1.807, 2.05) is 0 Å². The van der Waals surface area contributed by atoms with Crippen LogP contribution in [0.4, 0.5) is 49.1 Å². The van der Waals surface area contributed by atoms with Gasteiger partial charge in [-0.2, -0.15) is 26.3 Å². The molecule has 0 saturated carbocycles. The summed E-state index contributed by atoms with van der Waals surface area (Å²) in [5, 5.41) is 0. The van der Waals surface area contributed by atoms with E-state index in [1.165, 1.54) is 60.7 Å². The maximum absolute atomic E-state index is 15.1. The lowest BCUT2D eigenvalue weighted by molar-refractivity contribution is -0.288. The number of nitrogen functional groups attached to an aromatic ring is 2. The average molecular weight is 865 g/mol. The van der Waals surface area contributed by atoms with Crippen LogP contribution in [0.3, 0.4) is 0 Å². The van der Waals surface area contributed by atoms with Crippen molar-refractivity contribution in [3.63, 3.8) is 0 Å². The van der Waals surface area contributed by atoms with Crippen molar-refractivity contribution in [3.05, 3.63) is 178 Å². The summed E-state index contributed by atoms with van der Waals surface area (Å²) in [6.07, 6.45) is -12.1. The van der Waals surface area contributed by atoms with E-state index in [0.717, 1.165) is 48.5 Å². The number of nitrogens with zero attached hydrogens (tertiary/aromatic N) is 2. The Balaban J connectivity index is 1.06. The predicted molar refractivity (Wildman–Crippen MR) is 213 cm³/mol. The summed E-state index contributed by atoms with van der Waals surface area (Å²) in [7, 11) is 0. The van der Waals surface area contributed by atoms with Crippen molar-refractivity contribution in [2.24, 2.45) is 0 Å². The number of benzene rings is 6. The summed E-state index contributed by atoms with van der Waals surface area (Å²) in [5.74, 6) is -5.50. The lowest BCUT2D eigenvalue weighted by Gasteiger charge is -2.38. The highest BCUT2D eigenvalue weighted by atomic mass is 19.4. The van der Waals surface area contributed by atoms with Gasteiger partial charge in [0, 0.05) is 11.4 Å². The summed E-state index contributed by atoms with van der Waals surface area (Å²) in [6.45, 7) is 0. The first-order chi connectivity index (χ1) is 29.8. The fraction of sp³-hybridized carbons (Fsp3) is 0.0667. The quantitative estimate of drug-likeness (QED) is 0.0497. The first-order valence-electron chi connectivity index (χ1n) is 18.4. The number of esters is 2. The molecule has 0 spiro atoms. The molecule has 8 rings (SSSR count). The van der Waals surface area contributed by atoms with Crippen LogP contribution >= 0.6 is 0 Å². The van der Waals surface area contributed by atoms with Crippen LogP contribution < -0.4 is 30.7 Å². The zero-order valence-electron chi connectivity index (χ0n) is 31.8. The molecule has 316 valence electrons. The van der Waals surface area contributed by atoms with Gasteiger partial charge in [-0.25, -0.2) is 19.4 Å². The van der Waals surface area contributed by atoms with Gasteiger partial charge in [-0.15, -0.1) is 0 Å². The van der Waals surface area contributed by atoms with Crippen LogP contribution in [0.15, 0.2) is 133 Å². The summed E-state index contributed by atoms with van der Waals surface area (Å²) < 4.78 is 101. The number of imide groups is 2. The molecule has 63 heavy (non-hydrogen) atoms. The molecule has 0 bridgehead atoms. The standard InChI is InChI=1S/C45H26F6N4O8/c46-44(47,48)43(45(49,50)51,25-3-11-29(12-4-25)54-37(56)33-19-1-23(21-35(33)39(54)58)41(60)62-31-15-7-27(52)8-16-31)26-5-13-30(14-6-26)55-38(57)34-20-2-24(22-36(34)40(55)59)42(61)63-32-17-9-28(53)10-18-32/h1-22H,52-53H2. The van der Waals surface area contributed by atoms with Crippen molar-refractivity contribution in [1.29, 1.82) is 0 Å². The highest BCUT2D eigenvalue weighted by Crippen LogP contribution is 2.56. The number of alkyl halides is 6. The molecule has 2 aliphatic heterocycles. The number of rotatable bonds is 8. The van der Waals surface area contributed by atoms with E-state index in [-0.39, 0.29) is 56.3 Å². The Morgan fingerprint density at radius 1 is 0.429 bits per heavy atom. The van der Waals surface area contributed by atoms with Gasteiger partial charge in [-0.1, -0.05) is 24.3 Å². The zero-order chi connectivity index (χ0) is 45.2. The Kier molecular flexibility index (Phi) is 9.88. The lowest BCUT2D eigenvalue weighted by Crippen LogP contribution is -2.54. The number of hydrogen-bond acceptors (Lipinski definition) is 10. The van der Waals surface area contributed by atoms with Crippen molar-refractivity contribution >= 4 is 58.3 Å². The molecule has 0 aromatic heterocycles. The summed E-state index contributed by atoms with van der Waals surface area (Å²) in [4.78, 5) is 80.4. The largest absolute Gasteiger partial charge is 0.423 e. The molecule has 18 heteroatoms. The first-order valence-corrected chi connectivity index (χ1v) is 18.4. The fourth-order valence-corrected chi connectivity index (χ4v) is 7.31. The van der Waals surface area contributed by atoms with Crippen LogP contribution in [0.25, 0.3) is 0 Å². The topological polar surface area (TPSA) is 179 Å². The van der Waals surface area contributed by atoms with Gasteiger partial charge in [-0.05, 0) is 120 Å². The van der Waals surface area contributed by atoms with Gasteiger partial charge in [0.05, 0.1) is 44.8 Å². The number of amides is 4. The molecule has 6 aromatic rings. The molecule has 2 heterocycles. The van der Waals surface area contributed by atoms with E-state index >= 15 is 26.3 Å². The lowest BCUT2D eigenvalue weighted by atomic mass is 9.73. The minimum Gasteiger partial charge on any atom is -0.423 e. The van der Waals surface area contributed by atoms with Crippen LogP contribution in [-0.4, -0.2) is 47.9 Å². The SMILES string of the molecule is Nc1ccc(OC(=O)c2ccc3c(c2)C(=O)N(c2ccc(C(c4ccc(N5C(=O)c6ccc(C(=O)Oc7ccc(N)cc7)cc6C5=O)cc4)(C(F)(F)F)C(F)(F)F)cc2)C3=O)cc1. The summed E-state index contributed by atoms with van der Waals surface area (Å²) in [5.41, 5.74) is 2.72. The number of carbonyl (C=O) groups excluding carboxylic acids is 6. The first kappa shape index (κ1) is 41.5. The van der Waals surface area contributed by atoms with E-state index in [4.69, 9.17) is 20.9 Å². The normalized spacial score (nSPS) is 13.9. The van der Waals surface area contributed by atoms with Crippen molar-refractivity contribution in [2.75, 3.05) is 21.3 Å². The minimum atomic E-state index is -6.06. The molecule has 0 fully saturated rings. The van der Waals surface area contributed by atoms with E-state index in [9.17, 15) is 28.8 Å². The number of anilines is 4. The second-order valence-corrected chi connectivity index (χ2v) is 14.2. The van der Waals surface area contributed by atoms with Gasteiger partial charge in [0.2, 0.25) is 5.41 Å². The van der Waals surface area contributed by atoms with E-state index in [0.29, 0.717) is 45.4 Å². The number of nitrogens with two attached hydrogens (primary N) is 2. The Morgan fingerprint density at radius 3 is 1.06 bits per heavy atom. The highest BCUT2D eigenvalue weighted by Gasteiger charge is 2.72. The molecule has 4 N–H and O–H groups in total. The minimum absolute atomic E-state index is 0.124. The molecular formula is C45H26F6N4O8. The maximum atomic E-state index is 15.1. The number of carbonyl (C=O) groups is 6. The monoisotopic (exact) mass is 864 g/mol. The molecule has 6 aromatic carbocycles.